The average Bonchev–Trinajstić information content (AvgIpc) is 2.26. The van der Waals surface area contributed by atoms with Gasteiger partial charge in [0.05, 0.1) is 6.10 Å². The Morgan fingerprint density at radius 1 is 1.12 bits per heavy atom. The number of hydrogen-bond donors (Lipinski definition) is 0. The first-order chi connectivity index (χ1) is 7.99. The van der Waals surface area contributed by atoms with Gasteiger partial charge in [0.15, 0.2) is 5.78 Å². The van der Waals surface area contributed by atoms with Gasteiger partial charge in [-0.2, -0.15) is 0 Å². The number of ketones is 2. The van der Waals surface area contributed by atoms with Crippen LogP contribution in [0.3, 0.4) is 0 Å². The van der Waals surface area contributed by atoms with Crippen molar-refractivity contribution < 1.29 is 14.3 Å². The van der Waals surface area contributed by atoms with Crippen LogP contribution in [0.2, 0.25) is 0 Å². The summed E-state index contributed by atoms with van der Waals surface area (Å²) in [6.45, 7) is 5.39. The molecule has 1 aromatic rings. The summed E-state index contributed by atoms with van der Waals surface area (Å²) < 4.78 is 5.48. The van der Waals surface area contributed by atoms with E-state index in [1.807, 2.05) is 13.8 Å². The van der Waals surface area contributed by atoms with Gasteiger partial charge in [-0.1, -0.05) is 0 Å². The predicted octanol–water partition coefficient (Wildman–Crippen LogP) is 3.03. The SMILES string of the molecule is CC(=O)CCC(=O)c1ccc(OC(C)C)cc1. The maximum Gasteiger partial charge on any atom is 0.163 e. The van der Waals surface area contributed by atoms with Gasteiger partial charge in [-0.15, -0.1) is 0 Å². The van der Waals surface area contributed by atoms with E-state index in [0.29, 0.717) is 12.0 Å². The van der Waals surface area contributed by atoms with Crippen molar-refractivity contribution in [3.63, 3.8) is 0 Å². The lowest BCUT2D eigenvalue weighted by molar-refractivity contribution is -0.116. The van der Waals surface area contributed by atoms with E-state index in [2.05, 4.69) is 0 Å². The van der Waals surface area contributed by atoms with Crippen LogP contribution in [0.4, 0.5) is 0 Å². The molecule has 0 saturated carbocycles. The minimum absolute atomic E-state index is 0.00343. The zero-order chi connectivity index (χ0) is 12.8. The Hall–Kier alpha value is -1.64. The standard InChI is InChI=1S/C14H18O3/c1-10(2)17-13-7-5-12(6-8-13)14(16)9-4-11(3)15/h5-8,10H,4,9H2,1-3H3. The Morgan fingerprint density at radius 2 is 1.71 bits per heavy atom. The molecule has 1 aromatic carbocycles. The Labute approximate surface area is 102 Å². The van der Waals surface area contributed by atoms with Crippen LogP contribution in [0.25, 0.3) is 0 Å². The predicted molar refractivity (Wildman–Crippen MR) is 66.5 cm³/mol. The molecule has 0 amide bonds. The van der Waals surface area contributed by atoms with E-state index in [-0.39, 0.29) is 24.1 Å². The number of carbonyl (C=O) groups excluding carboxylic acids is 2. The molecule has 0 radical (unpaired) electrons. The summed E-state index contributed by atoms with van der Waals surface area (Å²) >= 11 is 0. The molecule has 92 valence electrons. The van der Waals surface area contributed by atoms with Crippen LogP contribution in [0.5, 0.6) is 5.75 Å². The molecular weight excluding hydrogens is 216 g/mol. The molecule has 0 aliphatic heterocycles. The maximum atomic E-state index is 11.7. The van der Waals surface area contributed by atoms with E-state index >= 15 is 0 Å². The van der Waals surface area contributed by atoms with Gasteiger partial charge in [-0.05, 0) is 45.0 Å². The van der Waals surface area contributed by atoms with Gasteiger partial charge in [0, 0.05) is 18.4 Å². The molecule has 3 nitrogen and oxygen atoms in total. The highest BCUT2D eigenvalue weighted by atomic mass is 16.5. The van der Waals surface area contributed by atoms with Crippen LogP contribution in [0.15, 0.2) is 24.3 Å². The average molecular weight is 234 g/mol. The summed E-state index contributed by atoms with van der Waals surface area (Å²) in [5.41, 5.74) is 0.627. The van der Waals surface area contributed by atoms with Crippen LogP contribution in [-0.2, 0) is 4.79 Å². The molecule has 0 bridgehead atoms. The molecule has 0 heterocycles. The van der Waals surface area contributed by atoms with Gasteiger partial charge >= 0.3 is 0 Å². The van der Waals surface area contributed by atoms with Crippen LogP contribution in [0.1, 0.15) is 44.0 Å². The number of benzene rings is 1. The van der Waals surface area contributed by atoms with E-state index in [0.717, 1.165) is 5.75 Å². The molecule has 0 N–H and O–H groups in total. The highest BCUT2D eigenvalue weighted by Crippen LogP contribution is 2.15. The molecule has 0 aliphatic carbocycles. The molecule has 0 saturated heterocycles. The largest absolute Gasteiger partial charge is 0.491 e. The van der Waals surface area contributed by atoms with Crippen molar-refractivity contribution in [2.75, 3.05) is 0 Å². The smallest absolute Gasteiger partial charge is 0.163 e. The topological polar surface area (TPSA) is 43.4 Å². The van der Waals surface area contributed by atoms with Gasteiger partial charge < -0.3 is 9.53 Å². The fourth-order valence-corrected chi connectivity index (χ4v) is 1.43. The first-order valence-corrected chi connectivity index (χ1v) is 5.78. The van der Waals surface area contributed by atoms with Gasteiger partial charge in [0.25, 0.3) is 0 Å². The van der Waals surface area contributed by atoms with Crippen molar-refractivity contribution in [2.45, 2.75) is 39.7 Å². The van der Waals surface area contributed by atoms with Crippen molar-refractivity contribution in [3.05, 3.63) is 29.8 Å². The Balaban J connectivity index is 2.60. The first-order valence-electron chi connectivity index (χ1n) is 5.78. The van der Waals surface area contributed by atoms with Gasteiger partial charge in [0.1, 0.15) is 11.5 Å². The van der Waals surface area contributed by atoms with Crippen LogP contribution in [-0.4, -0.2) is 17.7 Å². The highest BCUT2D eigenvalue weighted by Gasteiger charge is 2.07. The number of hydrogen-bond acceptors (Lipinski definition) is 3. The number of carbonyl (C=O) groups is 2. The van der Waals surface area contributed by atoms with Gasteiger partial charge in [-0.25, -0.2) is 0 Å². The van der Waals surface area contributed by atoms with Crippen LogP contribution in [0, 0.1) is 0 Å². The molecule has 0 unspecified atom stereocenters. The molecule has 0 atom stereocenters. The van der Waals surface area contributed by atoms with Crippen molar-refractivity contribution in [1.82, 2.24) is 0 Å². The third-order valence-electron chi connectivity index (χ3n) is 2.25. The van der Waals surface area contributed by atoms with E-state index < -0.39 is 0 Å². The fourth-order valence-electron chi connectivity index (χ4n) is 1.43. The third kappa shape index (κ3) is 4.81. The Morgan fingerprint density at radius 3 is 2.18 bits per heavy atom. The normalized spacial score (nSPS) is 10.4. The summed E-state index contributed by atoms with van der Waals surface area (Å²) in [5, 5.41) is 0. The van der Waals surface area contributed by atoms with E-state index in [4.69, 9.17) is 4.74 Å². The number of ether oxygens (including phenoxy) is 1. The number of rotatable bonds is 6. The first kappa shape index (κ1) is 13.4. The molecule has 0 aliphatic rings. The third-order valence-corrected chi connectivity index (χ3v) is 2.25. The lowest BCUT2D eigenvalue weighted by atomic mass is 10.1. The van der Waals surface area contributed by atoms with E-state index in [9.17, 15) is 9.59 Å². The summed E-state index contributed by atoms with van der Waals surface area (Å²) in [5.74, 6) is 0.789. The second-order valence-corrected chi connectivity index (χ2v) is 4.32. The maximum absolute atomic E-state index is 11.7. The Kier molecular flexibility index (Phi) is 4.88. The van der Waals surface area contributed by atoms with Crippen molar-refractivity contribution in [1.29, 1.82) is 0 Å². The number of Topliss-reactive ketones (excluding diaryl/α,β-unsaturated/α-hetero) is 2. The molecule has 3 heteroatoms. The second-order valence-electron chi connectivity index (χ2n) is 4.32. The van der Waals surface area contributed by atoms with E-state index in [1.54, 1.807) is 24.3 Å². The van der Waals surface area contributed by atoms with Gasteiger partial charge in [-0.3, -0.25) is 4.79 Å². The zero-order valence-electron chi connectivity index (χ0n) is 10.5. The fraction of sp³-hybridized carbons (Fsp3) is 0.429. The molecule has 0 aromatic heterocycles. The molecule has 1 rings (SSSR count). The van der Waals surface area contributed by atoms with E-state index in [1.165, 1.54) is 6.92 Å². The molecule has 0 spiro atoms. The van der Waals surface area contributed by atoms with Gasteiger partial charge in [0.2, 0.25) is 0 Å². The summed E-state index contributed by atoms with van der Waals surface area (Å²) in [7, 11) is 0. The van der Waals surface area contributed by atoms with Crippen LogP contribution < -0.4 is 4.74 Å². The highest BCUT2D eigenvalue weighted by molar-refractivity contribution is 5.98. The van der Waals surface area contributed by atoms with Crippen molar-refractivity contribution in [3.8, 4) is 5.75 Å². The van der Waals surface area contributed by atoms with Crippen molar-refractivity contribution in [2.24, 2.45) is 0 Å². The molecule has 17 heavy (non-hydrogen) atoms. The molecule has 0 fully saturated rings. The quantitative estimate of drug-likeness (QED) is 0.710. The van der Waals surface area contributed by atoms with Crippen molar-refractivity contribution >= 4 is 11.6 Å². The summed E-state index contributed by atoms with van der Waals surface area (Å²) in [4.78, 5) is 22.5. The zero-order valence-corrected chi connectivity index (χ0v) is 10.5. The molecular formula is C14H18O3. The minimum Gasteiger partial charge on any atom is -0.491 e. The van der Waals surface area contributed by atoms with Crippen LogP contribution >= 0.6 is 0 Å². The Bertz CT molecular complexity index is 390. The lowest BCUT2D eigenvalue weighted by Gasteiger charge is -2.09. The summed E-state index contributed by atoms with van der Waals surface area (Å²) in [6.07, 6.45) is 0.706. The summed E-state index contributed by atoms with van der Waals surface area (Å²) in [6, 6.07) is 7.03. The lowest BCUT2D eigenvalue weighted by Crippen LogP contribution is -2.06. The second kappa shape index (κ2) is 6.18. The minimum atomic E-state index is -0.00343. The monoisotopic (exact) mass is 234 g/mol.